The molecule has 1 amide bonds. The SMILES string of the molecule is O=C(CSc1nccn1-c1cccc(C(F)(F)F)c1)Nc1ccc(F)cc1. The van der Waals surface area contributed by atoms with Gasteiger partial charge in [0.05, 0.1) is 11.3 Å². The second-order valence-electron chi connectivity index (χ2n) is 5.47. The largest absolute Gasteiger partial charge is 0.416 e. The maximum atomic E-state index is 12.9. The van der Waals surface area contributed by atoms with Crippen LogP contribution in [0.4, 0.5) is 23.2 Å². The van der Waals surface area contributed by atoms with E-state index in [9.17, 15) is 22.4 Å². The van der Waals surface area contributed by atoms with Crippen LogP contribution in [0.25, 0.3) is 5.69 Å². The number of nitrogens with one attached hydrogen (secondary N) is 1. The van der Waals surface area contributed by atoms with E-state index in [4.69, 9.17) is 0 Å². The van der Waals surface area contributed by atoms with Gasteiger partial charge in [0.1, 0.15) is 5.82 Å². The van der Waals surface area contributed by atoms with Crippen molar-refractivity contribution in [3.8, 4) is 5.69 Å². The topological polar surface area (TPSA) is 46.9 Å². The van der Waals surface area contributed by atoms with E-state index in [1.807, 2.05) is 0 Å². The molecule has 2 aromatic carbocycles. The number of alkyl halides is 3. The maximum Gasteiger partial charge on any atom is 0.416 e. The van der Waals surface area contributed by atoms with E-state index in [1.165, 1.54) is 53.4 Å². The first-order valence-electron chi connectivity index (χ1n) is 7.72. The lowest BCUT2D eigenvalue weighted by molar-refractivity contribution is -0.137. The van der Waals surface area contributed by atoms with Crippen molar-refractivity contribution in [2.45, 2.75) is 11.3 Å². The van der Waals surface area contributed by atoms with Crippen LogP contribution in [0.15, 0.2) is 66.1 Å². The van der Waals surface area contributed by atoms with E-state index in [0.29, 0.717) is 16.5 Å². The van der Waals surface area contributed by atoms with Crippen LogP contribution >= 0.6 is 11.8 Å². The fourth-order valence-electron chi connectivity index (χ4n) is 2.29. The minimum absolute atomic E-state index is 0.00660. The van der Waals surface area contributed by atoms with Gasteiger partial charge in [-0.3, -0.25) is 9.36 Å². The van der Waals surface area contributed by atoms with Gasteiger partial charge in [0.15, 0.2) is 5.16 Å². The van der Waals surface area contributed by atoms with E-state index in [1.54, 1.807) is 0 Å². The molecule has 0 saturated carbocycles. The van der Waals surface area contributed by atoms with E-state index in [-0.39, 0.29) is 11.7 Å². The number of hydrogen-bond acceptors (Lipinski definition) is 3. The highest BCUT2D eigenvalue weighted by molar-refractivity contribution is 7.99. The molecule has 0 saturated heterocycles. The summed E-state index contributed by atoms with van der Waals surface area (Å²) in [6, 6.07) is 10.2. The fraction of sp³-hybridized carbons (Fsp3) is 0.111. The number of rotatable bonds is 5. The highest BCUT2D eigenvalue weighted by Gasteiger charge is 2.30. The smallest absolute Gasteiger partial charge is 0.325 e. The standard InChI is InChI=1S/C18H13F4N3OS/c19-13-4-6-14(7-5-13)24-16(26)11-27-17-23-8-9-25(17)15-3-1-2-12(10-15)18(20,21)22/h1-10H,11H2,(H,24,26). The number of hydrogen-bond donors (Lipinski definition) is 1. The molecule has 0 aliphatic rings. The molecule has 0 unspecified atom stereocenters. The zero-order chi connectivity index (χ0) is 19.4. The number of halogens is 4. The van der Waals surface area contributed by atoms with Crippen LogP contribution in [0, 0.1) is 5.82 Å². The first-order valence-corrected chi connectivity index (χ1v) is 8.71. The molecular weight excluding hydrogens is 382 g/mol. The molecule has 0 bridgehead atoms. The van der Waals surface area contributed by atoms with Crippen LogP contribution < -0.4 is 5.32 Å². The van der Waals surface area contributed by atoms with Crippen LogP contribution in [0.1, 0.15) is 5.56 Å². The van der Waals surface area contributed by atoms with Gasteiger partial charge in [0, 0.05) is 23.8 Å². The van der Waals surface area contributed by atoms with Crippen molar-refractivity contribution in [1.29, 1.82) is 0 Å². The van der Waals surface area contributed by atoms with Crippen molar-refractivity contribution in [3.05, 3.63) is 72.3 Å². The summed E-state index contributed by atoms with van der Waals surface area (Å²) >= 11 is 1.08. The van der Waals surface area contributed by atoms with Crippen LogP contribution in [0.5, 0.6) is 0 Å². The molecule has 27 heavy (non-hydrogen) atoms. The number of imidazole rings is 1. The van der Waals surface area contributed by atoms with E-state index in [2.05, 4.69) is 10.3 Å². The lowest BCUT2D eigenvalue weighted by atomic mass is 10.2. The second-order valence-corrected chi connectivity index (χ2v) is 6.41. The van der Waals surface area contributed by atoms with E-state index < -0.39 is 17.6 Å². The average molecular weight is 395 g/mol. The van der Waals surface area contributed by atoms with Crippen LogP contribution in [-0.4, -0.2) is 21.2 Å². The van der Waals surface area contributed by atoms with Crippen molar-refractivity contribution in [2.75, 3.05) is 11.1 Å². The normalized spacial score (nSPS) is 11.4. The molecule has 1 N–H and O–H groups in total. The van der Waals surface area contributed by atoms with Gasteiger partial charge in [-0.15, -0.1) is 0 Å². The van der Waals surface area contributed by atoms with Gasteiger partial charge in [0.25, 0.3) is 0 Å². The molecule has 0 atom stereocenters. The van der Waals surface area contributed by atoms with Crippen molar-refractivity contribution >= 4 is 23.4 Å². The van der Waals surface area contributed by atoms with Crippen molar-refractivity contribution < 1.29 is 22.4 Å². The van der Waals surface area contributed by atoms with Gasteiger partial charge >= 0.3 is 6.18 Å². The summed E-state index contributed by atoms with van der Waals surface area (Å²) in [5, 5.41) is 2.99. The molecule has 3 rings (SSSR count). The number of nitrogens with zero attached hydrogens (tertiary/aromatic N) is 2. The molecule has 1 aromatic heterocycles. The Bertz CT molecular complexity index is 938. The van der Waals surface area contributed by atoms with Crippen LogP contribution in [0.2, 0.25) is 0 Å². The first kappa shape index (κ1) is 19.0. The van der Waals surface area contributed by atoms with Gasteiger partial charge in [-0.25, -0.2) is 9.37 Å². The Labute approximate surface area is 156 Å². The number of benzene rings is 2. The molecule has 0 spiro atoms. The predicted octanol–water partition coefficient (Wildman–Crippen LogP) is 4.76. The molecule has 3 aromatic rings. The van der Waals surface area contributed by atoms with E-state index >= 15 is 0 Å². The summed E-state index contributed by atoms with van der Waals surface area (Å²) in [4.78, 5) is 16.1. The van der Waals surface area contributed by atoms with Gasteiger partial charge in [-0.1, -0.05) is 17.8 Å². The van der Waals surface area contributed by atoms with Gasteiger partial charge in [-0.05, 0) is 42.5 Å². The third-order valence-electron chi connectivity index (χ3n) is 3.52. The summed E-state index contributed by atoms with van der Waals surface area (Å²) in [5.74, 6) is -0.761. The zero-order valence-electron chi connectivity index (χ0n) is 13.7. The lowest BCUT2D eigenvalue weighted by Crippen LogP contribution is -2.14. The Morgan fingerprint density at radius 2 is 1.89 bits per heavy atom. The molecule has 0 aliphatic heterocycles. The monoisotopic (exact) mass is 395 g/mol. The molecule has 9 heteroatoms. The number of carbonyl (C=O) groups is 1. The summed E-state index contributed by atoms with van der Waals surface area (Å²) in [6.07, 6.45) is -1.48. The molecule has 0 aliphatic carbocycles. The Hall–Kier alpha value is -2.81. The third kappa shape index (κ3) is 4.88. The zero-order valence-corrected chi connectivity index (χ0v) is 14.5. The van der Waals surface area contributed by atoms with Crippen molar-refractivity contribution in [3.63, 3.8) is 0 Å². The molecule has 4 nitrogen and oxygen atoms in total. The average Bonchev–Trinajstić information content (AvgIpc) is 3.10. The summed E-state index contributed by atoms with van der Waals surface area (Å²) in [7, 11) is 0. The maximum absolute atomic E-state index is 12.9. The quantitative estimate of drug-likeness (QED) is 0.501. The van der Waals surface area contributed by atoms with Gasteiger partial charge < -0.3 is 5.32 Å². The summed E-state index contributed by atoms with van der Waals surface area (Å²) < 4.78 is 53.0. The number of thioether (sulfide) groups is 1. The minimum Gasteiger partial charge on any atom is -0.325 e. The Balaban J connectivity index is 1.69. The number of amides is 1. The molecule has 0 fully saturated rings. The summed E-state index contributed by atoms with van der Waals surface area (Å²) in [5.41, 5.74) is -0.0225. The Morgan fingerprint density at radius 1 is 1.15 bits per heavy atom. The molecule has 0 radical (unpaired) electrons. The first-order chi connectivity index (χ1) is 12.8. The number of aromatic nitrogens is 2. The number of carbonyl (C=O) groups excluding carboxylic acids is 1. The highest BCUT2D eigenvalue weighted by Crippen LogP contribution is 2.31. The van der Waals surface area contributed by atoms with Gasteiger partial charge in [-0.2, -0.15) is 13.2 Å². The van der Waals surface area contributed by atoms with Crippen molar-refractivity contribution in [1.82, 2.24) is 9.55 Å². The Kier molecular flexibility index (Phi) is 5.50. The van der Waals surface area contributed by atoms with Crippen molar-refractivity contribution in [2.24, 2.45) is 0 Å². The predicted molar refractivity (Wildman–Crippen MR) is 94.3 cm³/mol. The minimum atomic E-state index is -4.45. The van der Waals surface area contributed by atoms with E-state index in [0.717, 1.165) is 23.9 Å². The highest BCUT2D eigenvalue weighted by atomic mass is 32.2. The Morgan fingerprint density at radius 3 is 2.59 bits per heavy atom. The second kappa shape index (κ2) is 7.83. The molecule has 140 valence electrons. The van der Waals surface area contributed by atoms with Gasteiger partial charge in [0.2, 0.25) is 5.91 Å². The molecular formula is C18H13F4N3OS. The number of anilines is 1. The summed E-state index contributed by atoms with van der Waals surface area (Å²) in [6.45, 7) is 0. The fourth-order valence-corrected chi connectivity index (χ4v) is 3.06. The lowest BCUT2D eigenvalue weighted by Gasteiger charge is -2.11. The van der Waals surface area contributed by atoms with Crippen LogP contribution in [0.3, 0.4) is 0 Å². The van der Waals surface area contributed by atoms with Crippen LogP contribution in [-0.2, 0) is 11.0 Å². The molecule has 1 heterocycles. The third-order valence-corrected chi connectivity index (χ3v) is 4.49.